The molecule has 1 N–H and O–H groups in total. The fourth-order valence-electron chi connectivity index (χ4n) is 2.18. The molecule has 0 saturated heterocycles. The van der Waals surface area contributed by atoms with Gasteiger partial charge in [-0.2, -0.15) is 0 Å². The maximum absolute atomic E-state index is 5.29. The fourth-order valence-corrected chi connectivity index (χ4v) is 3.32. The van der Waals surface area contributed by atoms with Gasteiger partial charge in [0.1, 0.15) is 0 Å². The summed E-state index contributed by atoms with van der Waals surface area (Å²) in [6, 6.07) is 0.339. The Morgan fingerprint density at radius 1 is 1.15 bits per heavy atom. The average molecular weight is 300 g/mol. The van der Waals surface area contributed by atoms with Gasteiger partial charge >= 0.3 is 0 Å². The number of thiazole rings is 1. The van der Waals surface area contributed by atoms with E-state index >= 15 is 0 Å². The maximum atomic E-state index is 5.29. The van der Waals surface area contributed by atoms with Crippen molar-refractivity contribution in [2.75, 3.05) is 14.2 Å². The zero-order valence-corrected chi connectivity index (χ0v) is 14.7. The molecule has 5 heteroatoms. The smallest absolute Gasteiger partial charge is 0.171 e. The molecular weight excluding hydrogens is 272 g/mol. The van der Waals surface area contributed by atoms with Crippen molar-refractivity contribution in [3.05, 3.63) is 15.6 Å². The van der Waals surface area contributed by atoms with Gasteiger partial charge in [0, 0.05) is 30.6 Å². The predicted molar refractivity (Wildman–Crippen MR) is 84.4 cm³/mol. The Labute approximate surface area is 126 Å². The number of nitrogens with one attached hydrogen (secondary N) is 1. The van der Waals surface area contributed by atoms with E-state index in [-0.39, 0.29) is 23.8 Å². The van der Waals surface area contributed by atoms with Crippen molar-refractivity contribution >= 4 is 11.3 Å². The predicted octanol–water partition coefficient (Wildman–Crippen LogP) is 3.41. The van der Waals surface area contributed by atoms with Crippen LogP contribution in [0.2, 0.25) is 0 Å². The van der Waals surface area contributed by atoms with Gasteiger partial charge in [-0.05, 0) is 20.8 Å². The molecule has 1 aromatic rings. The summed E-state index contributed by atoms with van der Waals surface area (Å²) in [5.41, 5.74) is 1.21. The van der Waals surface area contributed by atoms with Gasteiger partial charge in [-0.25, -0.2) is 4.98 Å². The first-order valence-electron chi connectivity index (χ1n) is 7.00. The number of hydrogen-bond acceptors (Lipinski definition) is 5. The van der Waals surface area contributed by atoms with Crippen molar-refractivity contribution in [2.24, 2.45) is 0 Å². The number of rotatable bonds is 6. The first kappa shape index (κ1) is 17.6. The molecule has 0 amide bonds. The van der Waals surface area contributed by atoms with Crippen molar-refractivity contribution < 1.29 is 9.47 Å². The zero-order valence-electron chi connectivity index (χ0n) is 13.9. The number of aromatic nitrogens is 1. The number of methoxy groups -OCH3 is 2. The molecule has 1 rings (SSSR count). The van der Waals surface area contributed by atoms with Crippen LogP contribution in [0.4, 0.5) is 0 Å². The van der Waals surface area contributed by atoms with E-state index in [4.69, 9.17) is 14.5 Å². The lowest BCUT2D eigenvalue weighted by molar-refractivity contribution is -0.120. The molecule has 2 atom stereocenters. The molecule has 116 valence electrons. The van der Waals surface area contributed by atoms with Crippen LogP contribution in [0.5, 0.6) is 0 Å². The van der Waals surface area contributed by atoms with Crippen LogP contribution in [0.25, 0.3) is 0 Å². The number of ether oxygens (including phenoxy) is 2. The van der Waals surface area contributed by atoms with E-state index in [9.17, 15) is 0 Å². The molecule has 0 radical (unpaired) electrons. The molecule has 0 saturated carbocycles. The Hall–Kier alpha value is -0.490. The highest BCUT2D eigenvalue weighted by atomic mass is 32.1. The molecule has 0 aromatic carbocycles. The van der Waals surface area contributed by atoms with E-state index in [1.165, 1.54) is 9.88 Å². The molecule has 1 aromatic heterocycles. The molecule has 0 aliphatic carbocycles. The first-order chi connectivity index (χ1) is 9.20. The molecule has 20 heavy (non-hydrogen) atoms. The van der Waals surface area contributed by atoms with Crippen LogP contribution in [-0.2, 0) is 14.9 Å². The van der Waals surface area contributed by atoms with Crippen LogP contribution in [0.15, 0.2) is 0 Å². The highest BCUT2D eigenvalue weighted by Gasteiger charge is 2.24. The summed E-state index contributed by atoms with van der Waals surface area (Å²) in [4.78, 5) is 6.00. The van der Waals surface area contributed by atoms with Crippen molar-refractivity contribution in [2.45, 2.75) is 65.3 Å². The van der Waals surface area contributed by atoms with Gasteiger partial charge in [0.25, 0.3) is 0 Å². The van der Waals surface area contributed by atoms with E-state index in [0.717, 1.165) is 5.69 Å². The summed E-state index contributed by atoms with van der Waals surface area (Å²) in [7, 11) is 3.32. The standard InChI is InChI=1S/C15H28N2O2S/c1-9(16-11(3)13(18-7)19-8)12-10(2)17-14(20-12)15(4,5)6/h9,11,13,16H,1-8H3. The lowest BCUT2D eigenvalue weighted by atomic mass is 9.98. The highest BCUT2D eigenvalue weighted by Crippen LogP contribution is 2.32. The van der Waals surface area contributed by atoms with Crippen molar-refractivity contribution in [3.8, 4) is 0 Å². The monoisotopic (exact) mass is 300 g/mol. The molecule has 0 fully saturated rings. The highest BCUT2D eigenvalue weighted by molar-refractivity contribution is 7.12. The SMILES string of the molecule is COC(OC)C(C)NC(C)c1sc(C(C)(C)C)nc1C. The van der Waals surface area contributed by atoms with E-state index in [0.29, 0.717) is 0 Å². The van der Waals surface area contributed by atoms with Crippen LogP contribution in [0, 0.1) is 6.92 Å². The summed E-state index contributed by atoms with van der Waals surface area (Å²) in [6.45, 7) is 12.9. The summed E-state index contributed by atoms with van der Waals surface area (Å²) >= 11 is 1.79. The van der Waals surface area contributed by atoms with Crippen LogP contribution in [-0.4, -0.2) is 31.5 Å². The van der Waals surface area contributed by atoms with Gasteiger partial charge in [-0.15, -0.1) is 11.3 Å². The minimum absolute atomic E-state index is 0.0978. The van der Waals surface area contributed by atoms with Crippen molar-refractivity contribution in [3.63, 3.8) is 0 Å². The van der Waals surface area contributed by atoms with E-state index in [1.807, 2.05) is 0 Å². The van der Waals surface area contributed by atoms with Crippen molar-refractivity contribution in [1.29, 1.82) is 0 Å². The van der Waals surface area contributed by atoms with Gasteiger partial charge < -0.3 is 14.8 Å². The molecule has 0 spiro atoms. The van der Waals surface area contributed by atoms with Crippen molar-refractivity contribution in [1.82, 2.24) is 10.3 Å². The lowest BCUT2D eigenvalue weighted by Crippen LogP contribution is -2.40. The maximum Gasteiger partial charge on any atom is 0.171 e. The number of aryl methyl sites for hydroxylation is 1. The summed E-state index contributed by atoms with van der Waals surface area (Å²) in [5.74, 6) is 0. The van der Waals surface area contributed by atoms with Gasteiger partial charge in [0.05, 0.1) is 16.7 Å². The Morgan fingerprint density at radius 2 is 1.70 bits per heavy atom. The molecule has 1 heterocycles. The molecule has 0 aliphatic heterocycles. The van der Waals surface area contributed by atoms with Crippen LogP contribution >= 0.6 is 11.3 Å². The number of nitrogens with zero attached hydrogens (tertiary/aromatic N) is 1. The Bertz CT molecular complexity index is 422. The third-order valence-electron chi connectivity index (χ3n) is 3.25. The molecule has 0 aliphatic rings. The topological polar surface area (TPSA) is 43.4 Å². The molecule has 0 bridgehead atoms. The zero-order chi connectivity index (χ0) is 15.5. The Balaban J connectivity index is 2.82. The van der Waals surface area contributed by atoms with Gasteiger partial charge in [-0.1, -0.05) is 20.8 Å². The fraction of sp³-hybridized carbons (Fsp3) is 0.800. The lowest BCUT2D eigenvalue weighted by Gasteiger charge is -2.25. The molecular formula is C15H28N2O2S. The summed E-state index contributed by atoms with van der Waals surface area (Å²) in [5, 5.41) is 4.71. The van der Waals surface area contributed by atoms with Crippen LogP contribution in [0.3, 0.4) is 0 Å². The van der Waals surface area contributed by atoms with E-state index < -0.39 is 0 Å². The largest absolute Gasteiger partial charge is 0.354 e. The molecule has 4 nitrogen and oxygen atoms in total. The third kappa shape index (κ3) is 4.25. The quantitative estimate of drug-likeness (QED) is 0.818. The number of hydrogen-bond donors (Lipinski definition) is 1. The third-order valence-corrected chi connectivity index (χ3v) is 5.02. The summed E-state index contributed by atoms with van der Waals surface area (Å²) in [6.07, 6.45) is -0.243. The van der Waals surface area contributed by atoms with Crippen LogP contribution in [0.1, 0.15) is 56.2 Å². The second-order valence-electron chi connectivity index (χ2n) is 6.24. The second-order valence-corrected chi connectivity index (χ2v) is 7.27. The van der Waals surface area contributed by atoms with Gasteiger partial charge in [0.15, 0.2) is 6.29 Å². The Kier molecular flexibility index (Phi) is 6.13. The van der Waals surface area contributed by atoms with E-state index in [1.54, 1.807) is 25.6 Å². The summed E-state index contributed by atoms with van der Waals surface area (Å²) < 4.78 is 10.6. The Morgan fingerprint density at radius 3 is 2.10 bits per heavy atom. The minimum Gasteiger partial charge on any atom is -0.354 e. The van der Waals surface area contributed by atoms with Crippen LogP contribution < -0.4 is 5.32 Å². The van der Waals surface area contributed by atoms with Gasteiger partial charge in [-0.3, -0.25) is 0 Å². The normalized spacial score (nSPS) is 15.7. The van der Waals surface area contributed by atoms with E-state index in [2.05, 4.69) is 46.9 Å². The van der Waals surface area contributed by atoms with Gasteiger partial charge in [0.2, 0.25) is 0 Å². The average Bonchev–Trinajstić information content (AvgIpc) is 2.72. The molecule has 2 unspecified atom stereocenters. The second kappa shape index (κ2) is 6.98. The first-order valence-corrected chi connectivity index (χ1v) is 7.81. The minimum atomic E-state index is -0.243.